The Morgan fingerprint density at radius 3 is 2.52 bits per heavy atom. The van der Waals surface area contributed by atoms with Gasteiger partial charge in [-0.05, 0) is 78.7 Å². The minimum absolute atomic E-state index is 0.105. The van der Waals surface area contributed by atoms with Crippen LogP contribution in [-0.4, -0.2) is 24.4 Å². The highest BCUT2D eigenvalue weighted by molar-refractivity contribution is 9.10. The average molecular weight is 507 g/mol. The third-order valence-electron chi connectivity index (χ3n) is 6.11. The SMILES string of the molecule is CCCCOc1ccc(C2Oc3ccc(Br)cc3C3CC(c4ccc(OC)cc4)=NN32)cc1. The minimum atomic E-state index is -0.302. The summed E-state index contributed by atoms with van der Waals surface area (Å²) in [6.45, 7) is 2.90. The standard InChI is InChI=1S/C27H27BrN2O3/c1-3-4-15-32-22-12-7-19(8-13-22)27-30-25(23-16-20(28)9-14-26(23)33-27)17-24(29-30)18-5-10-21(31-2)11-6-18/h5-14,16,25,27H,3-4,15,17H2,1-2H3. The Morgan fingerprint density at radius 1 is 1.03 bits per heavy atom. The molecule has 170 valence electrons. The lowest BCUT2D eigenvalue weighted by molar-refractivity contribution is -0.0191. The fourth-order valence-electron chi connectivity index (χ4n) is 4.30. The number of fused-ring (bicyclic) bond motifs is 3. The van der Waals surface area contributed by atoms with E-state index >= 15 is 0 Å². The Morgan fingerprint density at radius 2 is 1.79 bits per heavy atom. The highest BCUT2D eigenvalue weighted by Gasteiger charge is 2.41. The topological polar surface area (TPSA) is 43.3 Å². The maximum absolute atomic E-state index is 6.48. The van der Waals surface area contributed by atoms with Crippen LogP contribution >= 0.6 is 15.9 Å². The molecule has 0 bridgehead atoms. The van der Waals surface area contributed by atoms with Gasteiger partial charge in [0, 0.05) is 22.0 Å². The van der Waals surface area contributed by atoms with Crippen LogP contribution in [0.2, 0.25) is 0 Å². The van der Waals surface area contributed by atoms with Crippen LogP contribution in [0.4, 0.5) is 0 Å². The van der Waals surface area contributed by atoms with Crippen LogP contribution in [0.3, 0.4) is 0 Å². The Hall–Kier alpha value is -2.99. The third kappa shape index (κ3) is 4.44. The molecule has 0 amide bonds. The van der Waals surface area contributed by atoms with Gasteiger partial charge in [0.05, 0.1) is 25.5 Å². The van der Waals surface area contributed by atoms with Gasteiger partial charge in [0.25, 0.3) is 0 Å². The van der Waals surface area contributed by atoms with Gasteiger partial charge in [0.2, 0.25) is 6.23 Å². The van der Waals surface area contributed by atoms with E-state index in [0.29, 0.717) is 0 Å². The third-order valence-corrected chi connectivity index (χ3v) is 6.60. The fourth-order valence-corrected chi connectivity index (χ4v) is 4.68. The molecule has 5 nitrogen and oxygen atoms in total. The molecule has 3 aromatic carbocycles. The molecule has 3 aromatic rings. The zero-order valence-electron chi connectivity index (χ0n) is 18.8. The first-order valence-corrected chi connectivity index (χ1v) is 12.1. The molecule has 6 heteroatoms. The van der Waals surface area contributed by atoms with E-state index in [4.69, 9.17) is 19.3 Å². The van der Waals surface area contributed by atoms with Crippen LogP contribution < -0.4 is 14.2 Å². The molecule has 0 fully saturated rings. The Bertz CT molecular complexity index is 1150. The number of halogens is 1. The van der Waals surface area contributed by atoms with Crippen molar-refractivity contribution in [1.29, 1.82) is 0 Å². The first-order chi connectivity index (χ1) is 16.2. The van der Waals surface area contributed by atoms with Crippen molar-refractivity contribution in [3.8, 4) is 17.2 Å². The minimum Gasteiger partial charge on any atom is -0.497 e. The van der Waals surface area contributed by atoms with E-state index in [9.17, 15) is 0 Å². The second-order valence-corrected chi connectivity index (χ2v) is 9.21. The average Bonchev–Trinajstić information content (AvgIpc) is 3.30. The van der Waals surface area contributed by atoms with Gasteiger partial charge in [-0.1, -0.05) is 29.3 Å². The number of hydrazone groups is 1. The zero-order valence-corrected chi connectivity index (χ0v) is 20.4. The van der Waals surface area contributed by atoms with Crippen molar-refractivity contribution >= 4 is 21.6 Å². The monoisotopic (exact) mass is 506 g/mol. The number of unbranched alkanes of at least 4 members (excludes halogenated alkanes) is 1. The van der Waals surface area contributed by atoms with Gasteiger partial charge in [0.1, 0.15) is 17.2 Å². The number of hydrogen-bond donors (Lipinski definition) is 0. The maximum atomic E-state index is 6.48. The Labute approximate surface area is 203 Å². The van der Waals surface area contributed by atoms with E-state index < -0.39 is 0 Å². The van der Waals surface area contributed by atoms with Crippen molar-refractivity contribution in [3.05, 3.63) is 87.9 Å². The molecular weight excluding hydrogens is 480 g/mol. The Kier molecular flexibility index (Phi) is 6.27. The predicted molar refractivity (Wildman–Crippen MR) is 133 cm³/mol. The maximum Gasteiger partial charge on any atom is 0.213 e. The summed E-state index contributed by atoms with van der Waals surface area (Å²) in [5.41, 5.74) is 4.34. The molecule has 2 aliphatic heterocycles. The van der Waals surface area contributed by atoms with Gasteiger partial charge >= 0.3 is 0 Å². The summed E-state index contributed by atoms with van der Waals surface area (Å²) < 4.78 is 18.7. The summed E-state index contributed by atoms with van der Waals surface area (Å²) in [5.74, 6) is 2.62. The van der Waals surface area contributed by atoms with Gasteiger partial charge in [-0.3, -0.25) is 0 Å². The molecule has 33 heavy (non-hydrogen) atoms. The second-order valence-electron chi connectivity index (χ2n) is 8.30. The van der Waals surface area contributed by atoms with Gasteiger partial charge in [-0.2, -0.15) is 5.10 Å². The molecule has 0 radical (unpaired) electrons. The van der Waals surface area contributed by atoms with Crippen LogP contribution in [0.15, 0.2) is 76.3 Å². The Balaban J connectivity index is 1.47. The largest absolute Gasteiger partial charge is 0.497 e. The molecule has 0 N–H and O–H groups in total. The lowest BCUT2D eigenvalue weighted by atomic mass is 9.96. The number of methoxy groups -OCH3 is 1. The molecule has 0 saturated heterocycles. The van der Waals surface area contributed by atoms with E-state index in [1.54, 1.807) is 7.11 Å². The van der Waals surface area contributed by atoms with Crippen molar-refractivity contribution in [1.82, 2.24) is 5.01 Å². The number of hydrogen-bond acceptors (Lipinski definition) is 5. The van der Waals surface area contributed by atoms with Gasteiger partial charge < -0.3 is 14.2 Å². The second kappa shape index (κ2) is 9.48. The van der Waals surface area contributed by atoms with Crippen molar-refractivity contribution < 1.29 is 14.2 Å². The zero-order chi connectivity index (χ0) is 22.8. The molecule has 0 spiro atoms. The quantitative estimate of drug-likeness (QED) is 0.327. The van der Waals surface area contributed by atoms with Crippen LogP contribution in [0.25, 0.3) is 0 Å². The predicted octanol–water partition coefficient (Wildman–Crippen LogP) is 6.88. The molecule has 2 unspecified atom stereocenters. The molecule has 2 atom stereocenters. The summed E-state index contributed by atoms with van der Waals surface area (Å²) in [4.78, 5) is 0. The molecule has 0 aliphatic carbocycles. The van der Waals surface area contributed by atoms with Gasteiger partial charge in [-0.15, -0.1) is 0 Å². The highest BCUT2D eigenvalue weighted by Crippen LogP contribution is 2.48. The van der Waals surface area contributed by atoms with E-state index in [-0.39, 0.29) is 12.3 Å². The van der Waals surface area contributed by atoms with Crippen LogP contribution in [0.5, 0.6) is 17.2 Å². The molecular formula is C27H27BrN2O3. The normalized spacial score (nSPS) is 18.8. The number of ether oxygens (including phenoxy) is 3. The van der Waals surface area contributed by atoms with E-state index in [2.05, 4.69) is 58.2 Å². The van der Waals surface area contributed by atoms with E-state index in [0.717, 1.165) is 70.0 Å². The van der Waals surface area contributed by atoms with E-state index in [1.807, 2.05) is 36.4 Å². The molecule has 0 saturated carbocycles. The molecule has 0 aromatic heterocycles. The highest BCUT2D eigenvalue weighted by atomic mass is 79.9. The first kappa shape index (κ1) is 21.8. The number of rotatable bonds is 7. The van der Waals surface area contributed by atoms with Crippen molar-refractivity contribution in [2.24, 2.45) is 5.10 Å². The molecule has 5 rings (SSSR count). The first-order valence-electron chi connectivity index (χ1n) is 11.4. The van der Waals surface area contributed by atoms with E-state index in [1.165, 1.54) is 0 Å². The van der Waals surface area contributed by atoms with Crippen molar-refractivity contribution in [3.63, 3.8) is 0 Å². The summed E-state index contributed by atoms with van der Waals surface area (Å²) >= 11 is 3.62. The van der Waals surface area contributed by atoms with Crippen LogP contribution in [-0.2, 0) is 0 Å². The van der Waals surface area contributed by atoms with Crippen molar-refractivity contribution in [2.45, 2.75) is 38.5 Å². The summed E-state index contributed by atoms with van der Waals surface area (Å²) in [6, 6.07) is 22.6. The van der Waals surface area contributed by atoms with Crippen LogP contribution in [0.1, 0.15) is 55.1 Å². The lowest BCUT2D eigenvalue weighted by Gasteiger charge is -2.38. The molecule has 2 aliphatic rings. The van der Waals surface area contributed by atoms with Gasteiger partial charge in [-0.25, -0.2) is 5.01 Å². The summed E-state index contributed by atoms with van der Waals surface area (Å²) in [7, 11) is 1.68. The van der Waals surface area contributed by atoms with Gasteiger partial charge in [0.15, 0.2) is 0 Å². The number of nitrogens with zero attached hydrogens (tertiary/aromatic N) is 2. The summed E-state index contributed by atoms with van der Waals surface area (Å²) in [5, 5.41) is 7.14. The van der Waals surface area contributed by atoms with Crippen molar-refractivity contribution in [2.75, 3.05) is 13.7 Å². The molecule has 2 heterocycles. The smallest absolute Gasteiger partial charge is 0.213 e. The number of benzene rings is 3. The lowest BCUT2D eigenvalue weighted by Crippen LogP contribution is -2.33. The van der Waals surface area contributed by atoms with Crippen LogP contribution in [0, 0.1) is 0 Å². The summed E-state index contributed by atoms with van der Waals surface area (Å²) in [6.07, 6.45) is 2.68. The fraction of sp³-hybridized carbons (Fsp3) is 0.296.